The lowest BCUT2D eigenvalue weighted by atomic mass is 10.2. The van der Waals surface area contributed by atoms with Crippen molar-refractivity contribution in [1.82, 2.24) is 5.32 Å². The Morgan fingerprint density at radius 2 is 1.92 bits per heavy atom. The van der Waals surface area contributed by atoms with E-state index in [9.17, 15) is 0 Å². The molecule has 0 radical (unpaired) electrons. The first-order valence-electron chi connectivity index (χ1n) is 4.34. The van der Waals surface area contributed by atoms with Gasteiger partial charge >= 0.3 is 0 Å². The fraction of sp³-hybridized carbons (Fsp3) is 0.400. The SMILES string of the molecule is C[C@H](CO)NCc1ccc(O)cc1. The molecule has 1 rings (SSSR count). The molecule has 0 bridgehead atoms. The summed E-state index contributed by atoms with van der Waals surface area (Å²) in [6, 6.07) is 7.12. The predicted octanol–water partition coefficient (Wildman–Crippen LogP) is 0.863. The van der Waals surface area contributed by atoms with Crippen molar-refractivity contribution in [2.24, 2.45) is 0 Å². The Balaban J connectivity index is 2.41. The molecule has 0 aliphatic carbocycles. The smallest absolute Gasteiger partial charge is 0.115 e. The van der Waals surface area contributed by atoms with E-state index in [0.29, 0.717) is 6.54 Å². The molecule has 1 aromatic carbocycles. The van der Waals surface area contributed by atoms with E-state index in [0.717, 1.165) is 5.56 Å². The molecule has 0 aromatic heterocycles. The van der Waals surface area contributed by atoms with Crippen molar-refractivity contribution in [2.75, 3.05) is 6.61 Å². The van der Waals surface area contributed by atoms with Crippen LogP contribution in [0.2, 0.25) is 0 Å². The van der Waals surface area contributed by atoms with E-state index >= 15 is 0 Å². The van der Waals surface area contributed by atoms with Crippen LogP contribution >= 0.6 is 0 Å². The number of aliphatic hydroxyl groups is 1. The molecular weight excluding hydrogens is 166 g/mol. The molecule has 0 fully saturated rings. The Kier molecular flexibility index (Phi) is 3.73. The van der Waals surface area contributed by atoms with Crippen molar-refractivity contribution >= 4 is 0 Å². The third-order valence-electron chi connectivity index (χ3n) is 1.86. The molecule has 3 heteroatoms. The van der Waals surface area contributed by atoms with Crippen molar-refractivity contribution in [3.63, 3.8) is 0 Å². The van der Waals surface area contributed by atoms with E-state index < -0.39 is 0 Å². The van der Waals surface area contributed by atoms with Gasteiger partial charge in [0.15, 0.2) is 0 Å². The molecule has 0 unspecified atom stereocenters. The summed E-state index contributed by atoms with van der Waals surface area (Å²) in [6.45, 7) is 2.76. The summed E-state index contributed by atoms with van der Waals surface area (Å²) >= 11 is 0. The molecule has 3 nitrogen and oxygen atoms in total. The highest BCUT2D eigenvalue weighted by Crippen LogP contribution is 2.09. The van der Waals surface area contributed by atoms with Crippen LogP contribution in [0.3, 0.4) is 0 Å². The molecule has 72 valence electrons. The zero-order valence-electron chi connectivity index (χ0n) is 7.70. The summed E-state index contributed by atoms with van der Waals surface area (Å²) in [4.78, 5) is 0. The van der Waals surface area contributed by atoms with E-state index in [1.165, 1.54) is 0 Å². The number of rotatable bonds is 4. The highest BCUT2D eigenvalue weighted by molar-refractivity contribution is 5.25. The van der Waals surface area contributed by atoms with Crippen LogP contribution in [0.5, 0.6) is 5.75 Å². The highest BCUT2D eigenvalue weighted by atomic mass is 16.3. The first-order chi connectivity index (χ1) is 6.22. The van der Waals surface area contributed by atoms with Crippen LogP contribution in [0.25, 0.3) is 0 Å². The van der Waals surface area contributed by atoms with Gasteiger partial charge in [0, 0.05) is 12.6 Å². The van der Waals surface area contributed by atoms with Gasteiger partial charge in [-0.15, -0.1) is 0 Å². The number of phenols is 1. The summed E-state index contributed by atoms with van der Waals surface area (Å²) in [5.41, 5.74) is 1.10. The number of phenolic OH excluding ortho intramolecular Hbond substituents is 1. The van der Waals surface area contributed by atoms with Crippen molar-refractivity contribution in [2.45, 2.75) is 19.5 Å². The number of hydrogen-bond acceptors (Lipinski definition) is 3. The van der Waals surface area contributed by atoms with Gasteiger partial charge in [0.2, 0.25) is 0 Å². The lowest BCUT2D eigenvalue weighted by molar-refractivity contribution is 0.251. The van der Waals surface area contributed by atoms with Crippen molar-refractivity contribution < 1.29 is 10.2 Å². The van der Waals surface area contributed by atoms with Gasteiger partial charge < -0.3 is 15.5 Å². The second-order valence-corrected chi connectivity index (χ2v) is 3.13. The molecule has 0 saturated carbocycles. The molecule has 0 heterocycles. The highest BCUT2D eigenvalue weighted by Gasteiger charge is 1.98. The summed E-state index contributed by atoms with van der Waals surface area (Å²) in [7, 11) is 0. The fourth-order valence-corrected chi connectivity index (χ4v) is 0.970. The van der Waals surface area contributed by atoms with Gasteiger partial charge in [-0.3, -0.25) is 0 Å². The van der Waals surface area contributed by atoms with Crippen LogP contribution < -0.4 is 5.32 Å². The molecule has 0 aliphatic heterocycles. The van der Waals surface area contributed by atoms with Crippen molar-refractivity contribution in [1.29, 1.82) is 0 Å². The van der Waals surface area contributed by atoms with Crippen LogP contribution in [-0.4, -0.2) is 22.9 Å². The molecule has 0 amide bonds. The third-order valence-corrected chi connectivity index (χ3v) is 1.86. The van der Waals surface area contributed by atoms with Gasteiger partial charge in [0.05, 0.1) is 6.61 Å². The monoisotopic (exact) mass is 181 g/mol. The average molecular weight is 181 g/mol. The van der Waals surface area contributed by atoms with Gasteiger partial charge in [-0.1, -0.05) is 12.1 Å². The van der Waals surface area contributed by atoms with Crippen LogP contribution in [0.1, 0.15) is 12.5 Å². The first kappa shape index (κ1) is 10.0. The quantitative estimate of drug-likeness (QED) is 0.646. The van der Waals surface area contributed by atoms with Crippen molar-refractivity contribution in [3.8, 4) is 5.75 Å². The first-order valence-corrected chi connectivity index (χ1v) is 4.34. The second kappa shape index (κ2) is 4.84. The molecule has 1 aromatic rings. The largest absolute Gasteiger partial charge is 0.508 e. The predicted molar refractivity (Wildman–Crippen MR) is 51.5 cm³/mol. The number of hydrogen-bond donors (Lipinski definition) is 3. The number of aliphatic hydroxyl groups excluding tert-OH is 1. The number of aromatic hydroxyl groups is 1. The Bertz CT molecular complexity index is 246. The molecule has 13 heavy (non-hydrogen) atoms. The molecular formula is C10H15NO2. The maximum absolute atomic E-state index is 9.02. The summed E-state index contributed by atoms with van der Waals surface area (Å²) in [5, 5.41) is 20.9. The zero-order valence-corrected chi connectivity index (χ0v) is 7.70. The second-order valence-electron chi connectivity index (χ2n) is 3.13. The van der Waals surface area contributed by atoms with E-state index in [1.54, 1.807) is 12.1 Å². The van der Waals surface area contributed by atoms with Gasteiger partial charge in [0.25, 0.3) is 0 Å². The average Bonchev–Trinajstić information content (AvgIpc) is 2.16. The topological polar surface area (TPSA) is 52.5 Å². The van der Waals surface area contributed by atoms with Crippen LogP contribution in [0.15, 0.2) is 24.3 Å². The van der Waals surface area contributed by atoms with Gasteiger partial charge in [0.1, 0.15) is 5.75 Å². The minimum absolute atomic E-state index is 0.105. The van der Waals surface area contributed by atoms with Crippen LogP contribution in [0.4, 0.5) is 0 Å². The van der Waals surface area contributed by atoms with Crippen LogP contribution in [-0.2, 0) is 6.54 Å². The summed E-state index contributed by atoms with van der Waals surface area (Å²) in [6.07, 6.45) is 0. The van der Waals surface area contributed by atoms with Gasteiger partial charge in [-0.2, -0.15) is 0 Å². The van der Waals surface area contributed by atoms with Gasteiger partial charge in [-0.25, -0.2) is 0 Å². The number of benzene rings is 1. The molecule has 1 atom stereocenters. The van der Waals surface area contributed by atoms with E-state index in [2.05, 4.69) is 5.32 Å². The van der Waals surface area contributed by atoms with E-state index in [4.69, 9.17) is 10.2 Å². The molecule has 0 aliphatic rings. The Morgan fingerprint density at radius 1 is 1.31 bits per heavy atom. The summed E-state index contributed by atoms with van der Waals surface area (Å²) in [5.74, 6) is 0.277. The molecule has 0 saturated heterocycles. The zero-order chi connectivity index (χ0) is 9.68. The van der Waals surface area contributed by atoms with Crippen molar-refractivity contribution in [3.05, 3.63) is 29.8 Å². The molecule has 3 N–H and O–H groups in total. The van der Waals surface area contributed by atoms with Gasteiger partial charge in [-0.05, 0) is 24.6 Å². The fourth-order valence-electron chi connectivity index (χ4n) is 0.970. The van der Waals surface area contributed by atoms with Crippen LogP contribution in [0, 0.1) is 0 Å². The minimum atomic E-state index is 0.105. The maximum atomic E-state index is 9.02. The normalized spacial score (nSPS) is 12.8. The maximum Gasteiger partial charge on any atom is 0.115 e. The third kappa shape index (κ3) is 3.44. The Hall–Kier alpha value is -1.06. The standard InChI is InChI=1S/C10H15NO2/c1-8(7-12)11-6-9-2-4-10(13)5-3-9/h2-5,8,11-13H,6-7H2,1H3/t8-/m1/s1. The van der Waals surface area contributed by atoms with E-state index in [-0.39, 0.29) is 18.4 Å². The number of nitrogens with one attached hydrogen (secondary N) is 1. The lowest BCUT2D eigenvalue weighted by Gasteiger charge is -2.10. The Labute approximate surface area is 78.0 Å². The summed E-state index contributed by atoms with van der Waals surface area (Å²) < 4.78 is 0. The lowest BCUT2D eigenvalue weighted by Crippen LogP contribution is -2.28. The Morgan fingerprint density at radius 3 is 2.46 bits per heavy atom. The molecule has 0 spiro atoms. The minimum Gasteiger partial charge on any atom is -0.508 e. The van der Waals surface area contributed by atoms with E-state index in [1.807, 2.05) is 19.1 Å².